The highest BCUT2D eigenvalue weighted by Gasteiger charge is 2.21. The van der Waals surface area contributed by atoms with Crippen molar-refractivity contribution in [1.29, 1.82) is 0 Å². The van der Waals surface area contributed by atoms with Gasteiger partial charge >= 0.3 is 0 Å². The molecule has 0 saturated heterocycles. The molecule has 0 aliphatic carbocycles. The second-order valence-electron chi connectivity index (χ2n) is 4.62. The van der Waals surface area contributed by atoms with Crippen LogP contribution in [0.5, 0.6) is 0 Å². The number of nitrogens with two attached hydrogens (primary N) is 1. The molecule has 2 atom stereocenters. The van der Waals surface area contributed by atoms with Gasteiger partial charge in [0.2, 0.25) is 5.91 Å². The molecule has 0 aromatic heterocycles. The molecule has 1 amide bonds. The average Bonchev–Trinajstić information content (AvgIpc) is 2.44. The minimum Gasteiger partial charge on any atom is -0.396 e. The largest absolute Gasteiger partial charge is 0.396 e. The molecule has 4 nitrogen and oxygen atoms in total. The highest BCUT2D eigenvalue weighted by Crippen LogP contribution is 2.17. The van der Waals surface area contributed by atoms with Crippen molar-refractivity contribution >= 4 is 22.4 Å². The molecular weight excluding hydrogens is 279 g/mol. The van der Waals surface area contributed by atoms with Gasteiger partial charge in [0.05, 0.1) is 16.5 Å². The summed E-state index contributed by atoms with van der Waals surface area (Å²) < 4.78 is 25.5. The predicted molar refractivity (Wildman–Crippen MR) is 79.2 cm³/mol. The molecule has 6 heteroatoms. The Labute approximate surface area is 121 Å². The zero-order valence-electron chi connectivity index (χ0n) is 11.8. The maximum atomic E-state index is 13.3. The summed E-state index contributed by atoms with van der Waals surface area (Å²) in [5, 5.41) is 2.02. The minimum atomic E-state index is -1.59. The minimum absolute atomic E-state index is 0.00224. The van der Waals surface area contributed by atoms with Crippen LogP contribution in [-0.4, -0.2) is 21.9 Å². The van der Waals surface area contributed by atoms with E-state index in [4.69, 9.17) is 5.73 Å². The number of hydrogen-bond acceptors (Lipinski definition) is 3. The topological polar surface area (TPSA) is 72.2 Å². The van der Waals surface area contributed by atoms with Crippen molar-refractivity contribution in [3.63, 3.8) is 0 Å². The predicted octanol–water partition coefficient (Wildman–Crippen LogP) is 2.21. The number of benzene rings is 1. The summed E-state index contributed by atoms with van der Waals surface area (Å²) in [6.07, 6.45) is 3.01. The number of unbranched alkanes of at least 4 members (excludes halogenated alkanes) is 2. The lowest BCUT2D eigenvalue weighted by molar-refractivity contribution is -0.120. The van der Waals surface area contributed by atoms with Crippen molar-refractivity contribution in [3.8, 4) is 0 Å². The molecule has 1 rings (SSSR count). The van der Waals surface area contributed by atoms with Crippen molar-refractivity contribution in [2.24, 2.45) is 0 Å². The third kappa shape index (κ3) is 4.59. The number of rotatable bonds is 7. The summed E-state index contributed by atoms with van der Waals surface area (Å²) in [7, 11) is -1.59. The smallest absolute Gasteiger partial charge is 0.235 e. The normalized spacial score (nSPS) is 13.8. The number of nitrogen functional groups attached to an aromatic ring is 1. The summed E-state index contributed by atoms with van der Waals surface area (Å²) >= 11 is 0. The fourth-order valence-corrected chi connectivity index (χ4v) is 2.77. The van der Waals surface area contributed by atoms with Crippen LogP contribution in [0.4, 0.5) is 10.1 Å². The first kappa shape index (κ1) is 16.6. The molecule has 3 N–H and O–H groups in total. The lowest BCUT2D eigenvalue weighted by Gasteiger charge is -2.12. The van der Waals surface area contributed by atoms with Gasteiger partial charge in [-0.2, -0.15) is 0 Å². The van der Waals surface area contributed by atoms with E-state index < -0.39 is 21.9 Å². The van der Waals surface area contributed by atoms with E-state index in [0.29, 0.717) is 6.54 Å². The zero-order valence-corrected chi connectivity index (χ0v) is 12.6. The highest BCUT2D eigenvalue weighted by atomic mass is 32.2. The van der Waals surface area contributed by atoms with Crippen LogP contribution in [0.25, 0.3) is 0 Å². The van der Waals surface area contributed by atoms with E-state index in [1.807, 2.05) is 0 Å². The molecule has 112 valence electrons. The first-order valence-corrected chi connectivity index (χ1v) is 7.92. The summed E-state index contributed by atoms with van der Waals surface area (Å²) in [6.45, 7) is 4.22. The second-order valence-corrected chi connectivity index (χ2v) is 6.39. The van der Waals surface area contributed by atoms with E-state index in [9.17, 15) is 13.4 Å². The molecular formula is C14H21FN2O2S. The number of carbonyl (C=O) groups is 1. The quantitative estimate of drug-likeness (QED) is 0.599. The Balaban J connectivity index is 2.61. The number of amides is 1. The zero-order chi connectivity index (χ0) is 15.1. The van der Waals surface area contributed by atoms with Gasteiger partial charge in [-0.3, -0.25) is 9.00 Å². The molecule has 0 spiro atoms. The molecule has 20 heavy (non-hydrogen) atoms. The molecule has 0 bridgehead atoms. The monoisotopic (exact) mass is 300 g/mol. The maximum absolute atomic E-state index is 13.3. The molecule has 0 radical (unpaired) electrons. The Morgan fingerprint density at radius 2 is 2.15 bits per heavy atom. The van der Waals surface area contributed by atoms with E-state index in [2.05, 4.69) is 12.2 Å². The van der Waals surface area contributed by atoms with Gasteiger partial charge in [0.15, 0.2) is 0 Å². The highest BCUT2D eigenvalue weighted by molar-refractivity contribution is 7.86. The van der Waals surface area contributed by atoms with Crippen LogP contribution < -0.4 is 11.1 Å². The third-order valence-corrected chi connectivity index (χ3v) is 4.55. The van der Waals surface area contributed by atoms with Crippen molar-refractivity contribution < 1.29 is 13.4 Å². The Morgan fingerprint density at radius 3 is 2.75 bits per heavy atom. The Hall–Kier alpha value is -1.43. The summed E-state index contributed by atoms with van der Waals surface area (Å²) in [5.74, 6) is -0.900. The molecule has 0 aliphatic rings. The van der Waals surface area contributed by atoms with Crippen molar-refractivity contribution in [2.75, 3.05) is 12.3 Å². The van der Waals surface area contributed by atoms with E-state index >= 15 is 0 Å². The van der Waals surface area contributed by atoms with Crippen molar-refractivity contribution in [1.82, 2.24) is 5.32 Å². The van der Waals surface area contributed by atoms with E-state index in [-0.39, 0.29) is 16.5 Å². The van der Waals surface area contributed by atoms with Crippen LogP contribution in [0.1, 0.15) is 33.1 Å². The summed E-state index contributed by atoms with van der Waals surface area (Å²) in [6, 6.07) is 3.95. The van der Waals surface area contributed by atoms with E-state index in [1.165, 1.54) is 12.1 Å². The fraction of sp³-hybridized carbons (Fsp3) is 0.500. The fourth-order valence-electron chi connectivity index (χ4n) is 1.66. The molecule has 0 saturated carbocycles. The molecule has 1 aromatic rings. The molecule has 0 heterocycles. The number of nitrogens with one attached hydrogen (secondary N) is 1. The van der Waals surface area contributed by atoms with Gasteiger partial charge in [-0.15, -0.1) is 0 Å². The Morgan fingerprint density at radius 1 is 1.45 bits per heavy atom. The van der Waals surface area contributed by atoms with Crippen LogP contribution in [0.3, 0.4) is 0 Å². The second kappa shape index (κ2) is 7.99. The standard InChI is InChI=1S/C14H21FN2O2S/c1-3-4-5-8-17-14(18)10(2)20(19)11-6-7-13(16)12(15)9-11/h6-7,9-10H,3-5,8,16H2,1-2H3,(H,17,18). The van der Waals surface area contributed by atoms with Gasteiger partial charge in [0.25, 0.3) is 0 Å². The number of anilines is 1. The van der Waals surface area contributed by atoms with Crippen LogP contribution in [0.2, 0.25) is 0 Å². The van der Waals surface area contributed by atoms with Gasteiger partial charge < -0.3 is 11.1 Å². The van der Waals surface area contributed by atoms with Gasteiger partial charge in [-0.1, -0.05) is 19.8 Å². The van der Waals surface area contributed by atoms with Crippen molar-refractivity contribution in [2.45, 2.75) is 43.3 Å². The molecule has 0 aliphatic heterocycles. The van der Waals surface area contributed by atoms with Gasteiger partial charge in [0, 0.05) is 11.4 Å². The number of halogens is 1. The SMILES string of the molecule is CCCCCNC(=O)C(C)S(=O)c1ccc(N)c(F)c1. The maximum Gasteiger partial charge on any atom is 0.235 e. The number of carbonyl (C=O) groups excluding carboxylic acids is 1. The summed E-state index contributed by atoms with van der Waals surface area (Å²) in [5.41, 5.74) is 5.37. The first-order chi connectivity index (χ1) is 9.47. The van der Waals surface area contributed by atoms with Crippen LogP contribution >= 0.6 is 0 Å². The first-order valence-electron chi connectivity index (χ1n) is 6.70. The lowest BCUT2D eigenvalue weighted by atomic mass is 10.2. The molecule has 1 aromatic carbocycles. The van der Waals surface area contributed by atoms with Gasteiger partial charge in [-0.05, 0) is 31.5 Å². The van der Waals surface area contributed by atoms with Crippen molar-refractivity contribution in [3.05, 3.63) is 24.0 Å². The average molecular weight is 300 g/mol. The summed E-state index contributed by atoms with van der Waals surface area (Å²) in [4.78, 5) is 12.1. The van der Waals surface area contributed by atoms with Gasteiger partial charge in [0.1, 0.15) is 11.1 Å². The lowest BCUT2D eigenvalue weighted by Crippen LogP contribution is -2.36. The third-order valence-electron chi connectivity index (χ3n) is 2.97. The Bertz CT molecular complexity index is 494. The van der Waals surface area contributed by atoms with Crippen LogP contribution in [0.15, 0.2) is 23.1 Å². The Kier molecular flexibility index (Phi) is 6.64. The van der Waals surface area contributed by atoms with E-state index in [1.54, 1.807) is 6.92 Å². The molecule has 2 unspecified atom stereocenters. The van der Waals surface area contributed by atoms with Crippen LogP contribution in [0, 0.1) is 5.82 Å². The van der Waals surface area contributed by atoms with Crippen LogP contribution in [-0.2, 0) is 15.6 Å². The van der Waals surface area contributed by atoms with Gasteiger partial charge in [-0.25, -0.2) is 4.39 Å². The molecule has 0 fully saturated rings. The van der Waals surface area contributed by atoms with E-state index in [0.717, 1.165) is 25.3 Å². The number of hydrogen-bond donors (Lipinski definition) is 2.